The number of imidazole rings is 1. The first kappa shape index (κ1) is 11.1. The second-order valence-electron chi connectivity index (χ2n) is 4.88. The van der Waals surface area contributed by atoms with E-state index in [-0.39, 0.29) is 11.8 Å². The average molecular weight is 265 g/mol. The average Bonchev–Trinajstić information content (AvgIpc) is 3.00. The van der Waals surface area contributed by atoms with Crippen LogP contribution in [0.5, 0.6) is 0 Å². The second-order valence-corrected chi connectivity index (χ2v) is 4.88. The molecule has 1 aliphatic heterocycles. The number of aromatic amines is 1. The van der Waals surface area contributed by atoms with Crippen LogP contribution in [0, 0.1) is 0 Å². The zero-order chi connectivity index (χ0) is 13.7. The quantitative estimate of drug-likeness (QED) is 0.705. The standard InChI is InChI=1S/C14H11N5O/c1-7-9-4-11-12(5-10(9)19-14(7)20)18-13(17-11)8-2-3-15-16-6-8/h2-7H,1H3,(H,17,18)(H,19,20). The summed E-state index contributed by atoms with van der Waals surface area (Å²) in [5.41, 5.74) is 4.48. The Balaban J connectivity index is 1.88. The van der Waals surface area contributed by atoms with Crippen LogP contribution in [-0.4, -0.2) is 26.1 Å². The van der Waals surface area contributed by atoms with Gasteiger partial charge in [0, 0.05) is 11.3 Å². The molecule has 0 aliphatic carbocycles. The fraction of sp³-hybridized carbons (Fsp3) is 0.143. The molecule has 1 unspecified atom stereocenters. The summed E-state index contributed by atoms with van der Waals surface area (Å²) >= 11 is 0. The molecule has 20 heavy (non-hydrogen) atoms. The third-order valence-electron chi connectivity index (χ3n) is 3.63. The van der Waals surface area contributed by atoms with Crippen LogP contribution in [0.1, 0.15) is 18.4 Å². The Bertz CT molecular complexity index is 824. The number of nitrogens with one attached hydrogen (secondary N) is 2. The van der Waals surface area contributed by atoms with Gasteiger partial charge in [0.25, 0.3) is 0 Å². The van der Waals surface area contributed by atoms with Crippen LogP contribution >= 0.6 is 0 Å². The van der Waals surface area contributed by atoms with Gasteiger partial charge in [0.15, 0.2) is 0 Å². The Morgan fingerprint density at radius 2 is 2.15 bits per heavy atom. The molecule has 1 aromatic carbocycles. The lowest BCUT2D eigenvalue weighted by Gasteiger charge is -1.99. The van der Waals surface area contributed by atoms with Crippen molar-refractivity contribution < 1.29 is 4.79 Å². The summed E-state index contributed by atoms with van der Waals surface area (Å²) in [4.78, 5) is 19.5. The molecule has 2 N–H and O–H groups in total. The minimum Gasteiger partial charge on any atom is -0.338 e. The highest BCUT2D eigenvalue weighted by Crippen LogP contribution is 2.35. The lowest BCUT2D eigenvalue weighted by atomic mass is 10.0. The molecule has 0 bridgehead atoms. The van der Waals surface area contributed by atoms with E-state index in [9.17, 15) is 4.79 Å². The summed E-state index contributed by atoms with van der Waals surface area (Å²) < 4.78 is 0. The molecular formula is C14H11N5O. The van der Waals surface area contributed by atoms with E-state index in [4.69, 9.17) is 0 Å². The molecular weight excluding hydrogens is 254 g/mol. The van der Waals surface area contributed by atoms with Crippen LogP contribution in [0.15, 0.2) is 30.6 Å². The molecule has 0 fully saturated rings. The van der Waals surface area contributed by atoms with E-state index in [1.54, 1.807) is 12.4 Å². The van der Waals surface area contributed by atoms with Crippen LogP contribution < -0.4 is 5.32 Å². The predicted octanol–water partition coefficient (Wildman–Crippen LogP) is 2.08. The molecule has 2 aromatic heterocycles. The number of rotatable bonds is 1. The van der Waals surface area contributed by atoms with Gasteiger partial charge in [-0.05, 0) is 30.7 Å². The summed E-state index contributed by atoms with van der Waals surface area (Å²) in [5, 5.41) is 10.5. The Morgan fingerprint density at radius 1 is 1.25 bits per heavy atom. The van der Waals surface area contributed by atoms with E-state index in [0.717, 1.165) is 33.7 Å². The zero-order valence-corrected chi connectivity index (χ0v) is 10.7. The van der Waals surface area contributed by atoms with Gasteiger partial charge in [-0.25, -0.2) is 4.98 Å². The van der Waals surface area contributed by atoms with Crippen LogP contribution in [0.4, 0.5) is 5.69 Å². The number of aromatic nitrogens is 4. The van der Waals surface area contributed by atoms with E-state index >= 15 is 0 Å². The van der Waals surface area contributed by atoms with Crippen molar-refractivity contribution in [1.82, 2.24) is 20.2 Å². The van der Waals surface area contributed by atoms with Gasteiger partial charge in [0.1, 0.15) is 5.82 Å². The topological polar surface area (TPSA) is 83.6 Å². The highest BCUT2D eigenvalue weighted by molar-refractivity contribution is 6.05. The molecule has 0 saturated heterocycles. The lowest BCUT2D eigenvalue weighted by Crippen LogP contribution is -2.08. The number of hydrogen-bond acceptors (Lipinski definition) is 4. The van der Waals surface area contributed by atoms with Gasteiger partial charge < -0.3 is 10.3 Å². The number of hydrogen-bond donors (Lipinski definition) is 2. The van der Waals surface area contributed by atoms with E-state index < -0.39 is 0 Å². The Hall–Kier alpha value is -2.76. The Kier molecular flexibility index (Phi) is 2.14. The molecule has 1 atom stereocenters. The van der Waals surface area contributed by atoms with Crippen molar-refractivity contribution in [3.8, 4) is 11.4 Å². The van der Waals surface area contributed by atoms with Crippen molar-refractivity contribution in [2.45, 2.75) is 12.8 Å². The van der Waals surface area contributed by atoms with E-state index in [0.29, 0.717) is 0 Å². The number of benzene rings is 1. The predicted molar refractivity (Wildman–Crippen MR) is 74.2 cm³/mol. The number of carbonyl (C=O) groups excluding carboxylic acids is 1. The van der Waals surface area contributed by atoms with E-state index in [1.807, 2.05) is 25.1 Å². The fourth-order valence-electron chi connectivity index (χ4n) is 2.49. The van der Waals surface area contributed by atoms with E-state index in [1.165, 1.54) is 0 Å². The number of anilines is 1. The molecule has 6 nitrogen and oxygen atoms in total. The summed E-state index contributed by atoms with van der Waals surface area (Å²) in [6, 6.07) is 5.74. The lowest BCUT2D eigenvalue weighted by molar-refractivity contribution is -0.116. The number of carbonyl (C=O) groups is 1. The first-order valence-electron chi connectivity index (χ1n) is 6.34. The monoisotopic (exact) mass is 265 g/mol. The molecule has 0 radical (unpaired) electrons. The van der Waals surface area contributed by atoms with Gasteiger partial charge in [0.2, 0.25) is 5.91 Å². The number of fused-ring (bicyclic) bond motifs is 2. The van der Waals surface area contributed by atoms with Crippen LogP contribution in [0.25, 0.3) is 22.4 Å². The van der Waals surface area contributed by atoms with Crippen LogP contribution in [0.2, 0.25) is 0 Å². The van der Waals surface area contributed by atoms with Crippen LogP contribution in [-0.2, 0) is 4.79 Å². The number of nitrogens with zero attached hydrogens (tertiary/aromatic N) is 3. The summed E-state index contributed by atoms with van der Waals surface area (Å²) in [7, 11) is 0. The largest absolute Gasteiger partial charge is 0.338 e. The van der Waals surface area contributed by atoms with Gasteiger partial charge in [-0.15, -0.1) is 0 Å². The molecule has 1 aliphatic rings. The molecule has 1 amide bonds. The highest BCUT2D eigenvalue weighted by atomic mass is 16.2. The van der Waals surface area contributed by atoms with Gasteiger partial charge in [-0.1, -0.05) is 0 Å². The fourth-order valence-corrected chi connectivity index (χ4v) is 2.49. The SMILES string of the molecule is CC1C(=O)Nc2cc3nc(-c4ccnnc4)[nH]c3cc21. The maximum Gasteiger partial charge on any atom is 0.231 e. The summed E-state index contributed by atoms with van der Waals surface area (Å²) in [6.07, 6.45) is 3.29. The van der Waals surface area contributed by atoms with Crippen molar-refractivity contribution in [1.29, 1.82) is 0 Å². The van der Waals surface area contributed by atoms with Gasteiger partial charge in [-0.3, -0.25) is 4.79 Å². The van der Waals surface area contributed by atoms with Crippen molar-refractivity contribution in [3.05, 3.63) is 36.2 Å². The molecule has 4 rings (SSSR count). The third-order valence-corrected chi connectivity index (χ3v) is 3.63. The molecule has 6 heteroatoms. The van der Waals surface area contributed by atoms with Crippen molar-refractivity contribution in [2.24, 2.45) is 0 Å². The smallest absolute Gasteiger partial charge is 0.231 e. The van der Waals surface area contributed by atoms with Gasteiger partial charge >= 0.3 is 0 Å². The molecule has 0 saturated carbocycles. The second kappa shape index (κ2) is 3.86. The molecule has 98 valence electrons. The molecule has 3 heterocycles. The Labute approximate surface area is 114 Å². The van der Waals surface area contributed by atoms with Crippen molar-refractivity contribution >= 4 is 22.6 Å². The van der Waals surface area contributed by atoms with Gasteiger partial charge in [0.05, 0.1) is 29.3 Å². The normalized spacial score (nSPS) is 17.2. The maximum absolute atomic E-state index is 11.7. The minimum atomic E-state index is -0.122. The van der Waals surface area contributed by atoms with Gasteiger partial charge in [-0.2, -0.15) is 10.2 Å². The summed E-state index contributed by atoms with van der Waals surface area (Å²) in [5.74, 6) is 0.660. The van der Waals surface area contributed by atoms with Crippen molar-refractivity contribution in [3.63, 3.8) is 0 Å². The number of H-pyrrole nitrogens is 1. The Morgan fingerprint density at radius 3 is 2.95 bits per heavy atom. The summed E-state index contributed by atoms with van der Waals surface area (Å²) in [6.45, 7) is 1.90. The third kappa shape index (κ3) is 1.51. The zero-order valence-electron chi connectivity index (χ0n) is 10.7. The first-order chi connectivity index (χ1) is 9.72. The van der Waals surface area contributed by atoms with Crippen molar-refractivity contribution in [2.75, 3.05) is 5.32 Å². The van der Waals surface area contributed by atoms with E-state index in [2.05, 4.69) is 25.5 Å². The molecule has 3 aromatic rings. The molecule has 0 spiro atoms. The highest BCUT2D eigenvalue weighted by Gasteiger charge is 2.27. The van der Waals surface area contributed by atoms with Crippen LogP contribution in [0.3, 0.4) is 0 Å². The first-order valence-corrected chi connectivity index (χ1v) is 6.34. The number of amides is 1. The minimum absolute atomic E-state index is 0.0335. The maximum atomic E-state index is 11.7.